The summed E-state index contributed by atoms with van der Waals surface area (Å²) in [7, 11) is 1.91. The number of hydrogen-bond donors (Lipinski definition) is 0. The third-order valence-corrected chi connectivity index (χ3v) is 2.17. The molecule has 0 N–H and O–H groups in total. The zero-order chi connectivity index (χ0) is 9.80. The second-order valence-electron chi connectivity index (χ2n) is 3.41. The molecule has 0 unspecified atom stereocenters. The minimum atomic E-state index is 0.587. The summed E-state index contributed by atoms with van der Waals surface area (Å²) in [5.74, 6) is 0.844. The molecule has 0 aliphatic carbocycles. The molecule has 0 spiro atoms. The molecule has 1 aromatic rings. The van der Waals surface area contributed by atoms with E-state index < -0.39 is 0 Å². The van der Waals surface area contributed by atoms with Crippen molar-refractivity contribution in [1.29, 1.82) is 0 Å². The van der Waals surface area contributed by atoms with Gasteiger partial charge in [0, 0.05) is 13.5 Å². The topological polar surface area (TPSA) is 24.8 Å². The van der Waals surface area contributed by atoms with E-state index in [1.165, 1.54) is 5.56 Å². The summed E-state index contributed by atoms with van der Waals surface area (Å²) in [6, 6.07) is 10.4. The number of aryl methyl sites for hydroxylation is 1. The summed E-state index contributed by atoms with van der Waals surface area (Å²) in [4.78, 5) is 0. The Balaban J connectivity index is 1.86. The normalized spacial score (nSPS) is 15.2. The molecular formula is C11H14N2O. The highest BCUT2D eigenvalue weighted by Gasteiger charge is 2.10. The summed E-state index contributed by atoms with van der Waals surface area (Å²) in [5.41, 5.74) is 1.33. The average Bonchev–Trinajstić information content (AvgIpc) is 2.63. The number of ether oxygens (including phenoxy) is 1. The predicted octanol–water partition coefficient (Wildman–Crippen LogP) is 1.85. The molecular weight excluding hydrogens is 176 g/mol. The monoisotopic (exact) mass is 190 g/mol. The van der Waals surface area contributed by atoms with E-state index in [0.29, 0.717) is 6.73 Å². The highest BCUT2D eigenvalue weighted by Crippen LogP contribution is 2.08. The molecule has 1 aliphatic rings. The van der Waals surface area contributed by atoms with Gasteiger partial charge in [-0.05, 0) is 12.0 Å². The van der Waals surface area contributed by atoms with Crippen LogP contribution < -0.4 is 0 Å². The maximum atomic E-state index is 5.36. The van der Waals surface area contributed by atoms with Gasteiger partial charge < -0.3 is 4.74 Å². The first-order valence-corrected chi connectivity index (χ1v) is 4.80. The van der Waals surface area contributed by atoms with Crippen molar-refractivity contribution < 1.29 is 4.74 Å². The van der Waals surface area contributed by atoms with E-state index >= 15 is 0 Å². The third kappa shape index (κ3) is 2.25. The second kappa shape index (κ2) is 4.13. The van der Waals surface area contributed by atoms with Gasteiger partial charge in [0.05, 0.1) is 0 Å². The standard InChI is InChI=1S/C11H14N2O/c1-13-9-14-11(12-13)8-7-10-5-3-2-4-6-10/h2-6H,7-9H2,1H3. The Bertz CT molecular complexity index is 321. The number of hydrazone groups is 1. The van der Waals surface area contributed by atoms with Gasteiger partial charge in [-0.2, -0.15) is 0 Å². The van der Waals surface area contributed by atoms with Gasteiger partial charge in [0.25, 0.3) is 0 Å². The van der Waals surface area contributed by atoms with E-state index in [1.807, 2.05) is 13.1 Å². The third-order valence-electron chi connectivity index (χ3n) is 2.17. The molecule has 14 heavy (non-hydrogen) atoms. The van der Waals surface area contributed by atoms with Gasteiger partial charge in [-0.3, -0.25) is 5.01 Å². The average molecular weight is 190 g/mol. The highest BCUT2D eigenvalue weighted by molar-refractivity contribution is 5.76. The number of rotatable bonds is 3. The van der Waals surface area contributed by atoms with Crippen LogP contribution in [0.2, 0.25) is 0 Å². The van der Waals surface area contributed by atoms with Gasteiger partial charge >= 0.3 is 0 Å². The first-order chi connectivity index (χ1) is 6.84. The Kier molecular flexibility index (Phi) is 2.68. The Morgan fingerprint density at radius 3 is 2.71 bits per heavy atom. The molecule has 1 aromatic carbocycles. The van der Waals surface area contributed by atoms with E-state index in [2.05, 4.69) is 29.4 Å². The van der Waals surface area contributed by atoms with Crippen LogP contribution in [0.3, 0.4) is 0 Å². The summed E-state index contributed by atoms with van der Waals surface area (Å²) < 4.78 is 5.36. The number of hydrogen-bond acceptors (Lipinski definition) is 3. The van der Waals surface area contributed by atoms with Crippen molar-refractivity contribution >= 4 is 5.90 Å². The van der Waals surface area contributed by atoms with Crippen molar-refractivity contribution in [3.8, 4) is 0 Å². The molecule has 74 valence electrons. The maximum Gasteiger partial charge on any atom is 0.208 e. The van der Waals surface area contributed by atoms with Crippen LogP contribution in [0, 0.1) is 0 Å². The SMILES string of the molecule is CN1COC(CCc2ccccc2)=N1. The van der Waals surface area contributed by atoms with Gasteiger partial charge in [-0.25, -0.2) is 0 Å². The fourth-order valence-corrected chi connectivity index (χ4v) is 1.43. The largest absolute Gasteiger partial charge is 0.457 e. The van der Waals surface area contributed by atoms with Crippen molar-refractivity contribution in [2.75, 3.05) is 13.8 Å². The molecule has 0 aromatic heterocycles. The fourth-order valence-electron chi connectivity index (χ4n) is 1.43. The molecule has 3 nitrogen and oxygen atoms in total. The molecule has 3 heteroatoms. The maximum absolute atomic E-state index is 5.36. The van der Waals surface area contributed by atoms with Crippen molar-refractivity contribution in [1.82, 2.24) is 5.01 Å². The Morgan fingerprint density at radius 1 is 1.29 bits per heavy atom. The highest BCUT2D eigenvalue weighted by atomic mass is 16.5. The van der Waals surface area contributed by atoms with Crippen LogP contribution in [0.4, 0.5) is 0 Å². The summed E-state index contributed by atoms with van der Waals surface area (Å²) in [5, 5.41) is 6.04. The van der Waals surface area contributed by atoms with Crippen LogP contribution in [0.25, 0.3) is 0 Å². The predicted molar refractivity (Wildman–Crippen MR) is 55.9 cm³/mol. The molecule has 0 atom stereocenters. The lowest BCUT2D eigenvalue weighted by atomic mass is 10.1. The minimum Gasteiger partial charge on any atom is -0.457 e. The lowest BCUT2D eigenvalue weighted by Gasteiger charge is -2.00. The van der Waals surface area contributed by atoms with Gasteiger partial charge in [0.15, 0.2) is 6.73 Å². The van der Waals surface area contributed by atoms with E-state index in [1.54, 1.807) is 5.01 Å². The molecule has 0 bridgehead atoms. The van der Waals surface area contributed by atoms with Crippen LogP contribution >= 0.6 is 0 Å². The molecule has 0 fully saturated rings. The van der Waals surface area contributed by atoms with Crippen molar-refractivity contribution in [2.45, 2.75) is 12.8 Å². The lowest BCUT2D eigenvalue weighted by molar-refractivity contribution is 0.196. The number of nitrogens with zero attached hydrogens (tertiary/aromatic N) is 2. The molecule has 1 heterocycles. The van der Waals surface area contributed by atoms with E-state index in [9.17, 15) is 0 Å². The van der Waals surface area contributed by atoms with Gasteiger partial charge in [0.2, 0.25) is 5.90 Å². The van der Waals surface area contributed by atoms with Crippen LogP contribution in [0.1, 0.15) is 12.0 Å². The molecule has 0 radical (unpaired) electrons. The van der Waals surface area contributed by atoms with Gasteiger partial charge in [-0.15, -0.1) is 5.10 Å². The second-order valence-corrected chi connectivity index (χ2v) is 3.41. The first-order valence-electron chi connectivity index (χ1n) is 4.80. The van der Waals surface area contributed by atoms with Crippen LogP contribution in [0.15, 0.2) is 35.4 Å². The zero-order valence-electron chi connectivity index (χ0n) is 8.31. The number of benzene rings is 1. The van der Waals surface area contributed by atoms with Crippen molar-refractivity contribution in [3.63, 3.8) is 0 Å². The lowest BCUT2D eigenvalue weighted by Crippen LogP contribution is -2.06. The smallest absolute Gasteiger partial charge is 0.208 e. The molecule has 0 saturated heterocycles. The quantitative estimate of drug-likeness (QED) is 0.726. The molecule has 0 saturated carbocycles. The Hall–Kier alpha value is -1.51. The van der Waals surface area contributed by atoms with Crippen molar-refractivity contribution in [2.24, 2.45) is 5.10 Å². The van der Waals surface area contributed by atoms with E-state index in [-0.39, 0.29) is 0 Å². The Morgan fingerprint density at radius 2 is 2.07 bits per heavy atom. The first kappa shape index (κ1) is 9.06. The fraction of sp³-hybridized carbons (Fsp3) is 0.364. The van der Waals surface area contributed by atoms with E-state index in [4.69, 9.17) is 4.74 Å². The molecule has 2 rings (SSSR count). The zero-order valence-corrected chi connectivity index (χ0v) is 8.31. The van der Waals surface area contributed by atoms with Crippen LogP contribution in [-0.2, 0) is 11.2 Å². The Labute approximate surface area is 84.0 Å². The van der Waals surface area contributed by atoms with Gasteiger partial charge in [0.1, 0.15) is 0 Å². The summed E-state index contributed by atoms with van der Waals surface area (Å²) in [6.07, 6.45) is 1.88. The molecule has 1 aliphatic heterocycles. The van der Waals surface area contributed by atoms with Gasteiger partial charge in [-0.1, -0.05) is 30.3 Å². The minimum absolute atomic E-state index is 0.587. The summed E-state index contributed by atoms with van der Waals surface area (Å²) >= 11 is 0. The van der Waals surface area contributed by atoms with Crippen LogP contribution in [0.5, 0.6) is 0 Å². The van der Waals surface area contributed by atoms with Crippen LogP contribution in [-0.4, -0.2) is 24.7 Å². The summed E-state index contributed by atoms with van der Waals surface area (Å²) in [6.45, 7) is 0.587. The molecule has 0 amide bonds. The van der Waals surface area contributed by atoms with Crippen molar-refractivity contribution in [3.05, 3.63) is 35.9 Å². The van der Waals surface area contributed by atoms with E-state index in [0.717, 1.165) is 18.7 Å².